The van der Waals surface area contributed by atoms with Gasteiger partial charge in [0, 0.05) is 49.3 Å². The molecule has 0 spiro atoms. The van der Waals surface area contributed by atoms with E-state index in [1.165, 1.54) is 0 Å². The number of nitrogens with zero attached hydrogens (tertiary/aromatic N) is 3. The highest BCUT2D eigenvalue weighted by Crippen LogP contribution is 2.26. The normalized spacial score (nSPS) is 15.6. The minimum Gasteiger partial charge on any atom is -0.337 e. The summed E-state index contributed by atoms with van der Waals surface area (Å²) in [5.41, 5.74) is 2.68. The quantitative estimate of drug-likeness (QED) is 0.613. The lowest BCUT2D eigenvalue weighted by atomic mass is 10.1. The van der Waals surface area contributed by atoms with E-state index < -0.39 is 0 Å². The van der Waals surface area contributed by atoms with Crippen LogP contribution in [0.2, 0.25) is 10.0 Å². The maximum absolute atomic E-state index is 12.8. The summed E-state index contributed by atoms with van der Waals surface area (Å²) in [6.07, 6.45) is 2.73. The van der Waals surface area contributed by atoms with Crippen molar-refractivity contribution < 1.29 is 4.79 Å². The molecule has 1 aliphatic heterocycles. The molecule has 144 valence electrons. The number of amides is 1. The molecule has 0 bridgehead atoms. The summed E-state index contributed by atoms with van der Waals surface area (Å²) in [5, 5.41) is 2.21. The number of carbonyl (C=O) groups excluding carboxylic acids is 1. The molecule has 1 aromatic heterocycles. The first-order valence-electron chi connectivity index (χ1n) is 9.42. The van der Waals surface area contributed by atoms with Gasteiger partial charge in [0.25, 0.3) is 5.91 Å². The van der Waals surface area contributed by atoms with Crippen LogP contribution in [0.4, 0.5) is 0 Å². The van der Waals surface area contributed by atoms with Gasteiger partial charge in [-0.3, -0.25) is 14.7 Å². The van der Waals surface area contributed by atoms with Gasteiger partial charge in [0.15, 0.2) is 0 Å². The van der Waals surface area contributed by atoms with E-state index in [0.29, 0.717) is 17.1 Å². The van der Waals surface area contributed by atoms with Crippen molar-refractivity contribution in [1.82, 2.24) is 14.8 Å². The van der Waals surface area contributed by atoms with Crippen LogP contribution in [0, 0.1) is 0 Å². The molecule has 0 radical (unpaired) electrons. The first kappa shape index (κ1) is 19.2. The van der Waals surface area contributed by atoms with E-state index in [-0.39, 0.29) is 5.91 Å². The fraction of sp³-hybridized carbons (Fsp3) is 0.273. The SMILES string of the molecule is O=C(c1ccccc1Cl)N1CCCN(Cc2ccc(Cl)c3cccnc23)CC1. The highest BCUT2D eigenvalue weighted by atomic mass is 35.5. The zero-order valence-corrected chi connectivity index (χ0v) is 17.0. The fourth-order valence-electron chi connectivity index (χ4n) is 3.70. The van der Waals surface area contributed by atoms with E-state index in [2.05, 4.69) is 16.0 Å². The van der Waals surface area contributed by atoms with E-state index in [9.17, 15) is 4.79 Å². The number of hydrogen-bond acceptors (Lipinski definition) is 3. The van der Waals surface area contributed by atoms with Crippen molar-refractivity contribution in [3.05, 3.63) is 75.9 Å². The molecule has 6 heteroatoms. The molecule has 2 aromatic carbocycles. The number of hydrogen-bond donors (Lipinski definition) is 0. The van der Waals surface area contributed by atoms with Gasteiger partial charge in [0.05, 0.1) is 16.1 Å². The predicted octanol–water partition coefficient (Wildman–Crippen LogP) is 4.89. The van der Waals surface area contributed by atoms with Gasteiger partial charge in [-0.15, -0.1) is 0 Å². The molecule has 1 aliphatic rings. The molecule has 1 amide bonds. The van der Waals surface area contributed by atoms with Crippen molar-refractivity contribution in [3.63, 3.8) is 0 Å². The second-order valence-electron chi connectivity index (χ2n) is 7.01. The van der Waals surface area contributed by atoms with Gasteiger partial charge in [-0.25, -0.2) is 0 Å². The number of halogens is 2. The minimum atomic E-state index is 0.00561. The second kappa shape index (κ2) is 8.48. The van der Waals surface area contributed by atoms with E-state index in [1.54, 1.807) is 18.3 Å². The maximum atomic E-state index is 12.8. The van der Waals surface area contributed by atoms with Gasteiger partial charge in [-0.2, -0.15) is 0 Å². The fourth-order valence-corrected chi connectivity index (χ4v) is 4.13. The van der Waals surface area contributed by atoms with Crippen molar-refractivity contribution in [2.75, 3.05) is 26.2 Å². The summed E-state index contributed by atoms with van der Waals surface area (Å²) in [5.74, 6) is 0.00561. The molecule has 4 nitrogen and oxygen atoms in total. The number of fused-ring (bicyclic) bond motifs is 1. The topological polar surface area (TPSA) is 36.4 Å². The molecule has 0 unspecified atom stereocenters. The molecule has 0 saturated carbocycles. The lowest BCUT2D eigenvalue weighted by Gasteiger charge is -2.23. The Balaban J connectivity index is 1.47. The van der Waals surface area contributed by atoms with Gasteiger partial charge < -0.3 is 4.90 Å². The molecule has 0 atom stereocenters. The Morgan fingerprint density at radius 1 is 0.929 bits per heavy atom. The summed E-state index contributed by atoms with van der Waals surface area (Å²) >= 11 is 12.5. The van der Waals surface area contributed by atoms with Crippen LogP contribution in [0.5, 0.6) is 0 Å². The Morgan fingerprint density at radius 2 is 1.79 bits per heavy atom. The molecule has 4 rings (SSSR count). The molecule has 1 saturated heterocycles. The van der Waals surface area contributed by atoms with Gasteiger partial charge in [0.1, 0.15) is 0 Å². The number of carbonyl (C=O) groups is 1. The Hall–Kier alpha value is -2.14. The van der Waals surface area contributed by atoms with Crippen molar-refractivity contribution >= 4 is 40.0 Å². The van der Waals surface area contributed by atoms with Crippen LogP contribution in [-0.4, -0.2) is 46.9 Å². The van der Waals surface area contributed by atoms with Gasteiger partial charge in [-0.1, -0.05) is 41.4 Å². The highest BCUT2D eigenvalue weighted by Gasteiger charge is 2.22. The Labute approximate surface area is 174 Å². The smallest absolute Gasteiger partial charge is 0.255 e. The van der Waals surface area contributed by atoms with Crippen LogP contribution in [0.15, 0.2) is 54.7 Å². The van der Waals surface area contributed by atoms with Crippen molar-refractivity contribution in [3.8, 4) is 0 Å². The molecule has 2 heterocycles. The van der Waals surface area contributed by atoms with Crippen LogP contribution in [0.3, 0.4) is 0 Å². The van der Waals surface area contributed by atoms with Crippen LogP contribution in [-0.2, 0) is 6.54 Å². The number of rotatable bonds is 3. The van der Waals surface area contributed by atoms with E-state index >= 15 is 0 Å². The molecule has 0 aliphatic carbocycles. The monoisotopic (exact) mass is 413 g/mol. The van der Waals surface area contributed by atoms with Gasteiger partial charge >= 0.3 is 0 Å². The first-order chi connectivity index (χ1) is 13.6. The third-order valence-electron chi connectivity index (χ3n) is 5.17. The Kier molecular flexibility index (Phi) is 5.81. The summed E-state index contributed by atoms with van der Waals surface area (Å²) in [4.78, 5) is 21.7. The van der Waals surface area contributed by atoms with E-state index in [4.69, 9.17) is 23.2 Å². The van der Waals surface area contributed by atoms with Gasteiger partial charge in [-0.05, 0) is 42.3 Å². The summed E-state index contributed by atoms with van der Waals surface area (Å²) in [6.45, 7) is 3.96. The van der Waals surface area contributed by atoms with Crippen LogP contribution < -0.4 is 0 Å². The van der Waals surface area contributed by atoms with Crippen molar-refractivity contribution in [1.29, 1.82) is 0 Å². The predicted molar refractivity (Wildman–Crippen MR) is 114 cm³/mol. The summed E-state index contributed by atoms with van der Waals surface area (Å²) in [6, 6.07) is 15.1. The molecule has 3 aromatic rings. The van der Waals surface area contributed by atoms with Crippen LogP contribution in [0.25, 0.3) is 10.9 Å². The molecular formula is C22H21Cl2N3O. The van der Waals surface area contributed by atoms with Crippen LogP contribution in [0.1, 0.15) is 22.3 Å². The number of benzene rings is 2. The summed E-state index contributed by atoms with van der Waals surface area (Å²) in [7, 11) is 0. The Bertz CT molecular complexity index is 1010. The molecule has 0 N–H and O–H groups in total. The Morgan fingerprint density at radius 3 is 2.64 bits per heavy atom. The number of aromatic nitrogens is 1. The van der Waals surface area contributed by atoms with Crippen molar-refractivity contribution in [2.24, 2.45) is 0 Å². The highest BCUT2D eigenvalue weighted by molar-refractivity contribution is 6.35. The first-order valence-corrected chi connectivity index (χ1v) is 10.2. The second-order valence-corrected chi connectivity index (χ2v) is 7.82. The third-order valence-corrected chi connectivity index (χ3v) is 5.83. The third kappa shape index (κ3) is 4.00. The standard InChI is InChI=1S/C22H21Cl2N3O/c23-19-7-2-1-5-18(19)22(28)27-12-4-11-26(13-14-27)15-16-8-9-20(24)17-6-3-10-25-21(16)17/h1-3,5-10H,4,11-15H2. The maximum Gasteiger partial charge on any atom is 0.255 e. The van der Waals surface area contributed by atoms with Crippen molar-refractivity contribution in [2.45, 2.75) is 13.0 Å². The lowest BCUT2D eigenvalue weighted by Crippen LogP contribution is -2.35. The average molecular weight is 414 g/mol. The molecule has 28 heavy (non-hydrogen) atoms. The van der Waals surface area contributed by atoms with Gasteiger partial charge in [0.2, 0.25) is 0 Å². The molecule has 1 fully saturated rings. The largest absolute Gasteiger partial charge is 0.337 e. The zero-order chi connectivity index (χ0) is 19.5. The zero-order valence-electron chi connectivity index (χ0n) is 15.4. The van der Waals surface area contributed by atoms with Crippen LogP contribution >= 0.6 is 23.2 Å². The average Bonchev–Trinajstić information content (AvgIpc) is 2.96. The summed E-state index contributed by atoms with van der Waals surface area (Å²) < 4.78 is 0. The lowest BCUT2D eigenvalue weighted by molar-refractivity contribution is 0.0761. The minimum absolute atomic E-state index is 0.00561. The van der Waals surface area contributed by atoms with E-state index in [0.717, 1.165) is 54.1 Å². The molecular weight excluding hydrogens is 393 g/mol. The number of pyridine rings is 1. The van der Waals surface area contributed by atoms with E-state index in [1.807, 2.05) is 35.2 Å².